The average molecular weight is 439 g/mol. The van der Waals surface area contributed by atoms with Crippen molar-refractivity contribution in [2.45, 2.75) is 32.4 Å². The molecule has 0 aromatic heterocycles. The third-order valence-corrected chi connectivity index (χ3v) is 5.21. The van der Waals surface area contributed by atoms with Gasteiger partial charge in [0, 0.05) is 28.4 Å². The van der Waals surface area contributed by atoms with Gasteiger partial charge in [-0.3, -0.25) is 4.79 Å². The van der Waals surface area contributed by atoms with Gasteiger partial charge in [-0.05, 0) is 43.2 Å². The van der Waals surface area contributed by atoms with Gasteiger partial charge in [0.1, 0.15) is 5.82 Å². The van der Waals surface area contributed by atoms with Gasteiger partial charge in [0.15, 0.2) is 9.84 Å². The van der Waals surface area contributed by atoms with Crippen molar-refractivity contribution >= 4 is 33.0 Å². The first-order valence-electron chi connectivity index (χ1n) is 9.10. The summed E-state index contributed by atoms with van der Waals surface area (Å²) in [6.07, 6.45) is 3.11. The van der Waals surface area contributed by atoms with Crippen molar-refractivity contribution < 1.29 is 17.6 Å². The first-order chi connectivity index (χ1) is 13.6. The molecule has 2 N–H and O–H groups in total. The van der Waals surface area contributed by atoms with E-state index in [2.05, 4.69) is 10.6 Å². The fourth-order valence-corrected chi connectivity index (χ4v) is 3.53. The Kier molecular flexibility index (Phi) is 7.81. The first kappa shape index (κ1) is 22.9. The highest BCUT2D eigenvalue weighted by molar-refractivity contribution is 7.93. The lowest BCUT2D eigenvalue weighted by atomic mass is 10.0. The number of hydrogen-bond acceptors (Lipinski definition) is 4. The van der Waals surface area contributed by atoms with E-state index in [1.165, 1.54) is 18.2 Å². The van der Waals surface area contributed by atoms with Crippen molar-refractivity contribution in [1.29, 1.82) is 0 Å². The second kappa shape index (κ2) is 9.89. The number of benzene rings is 2. The molecule has 0 bridgehead atoms. The second-order valence-corrected chi connectivity index (χ2v) is 9.08. The molecule has 2 rings (SSSR count). The van der Waals surface area contributed by atoms with Crippen LogP contribution in [0.3, 0.4) is 0 Å². The van der Waals surface area contributed by atoms with Crippen LogP contribution < -0.4 is 10.6 Å². The molecule has 0 aliphatic heterocycles. The summed E-state index contributed by atoms with van der Waals surface area (Å²) < 4.78 is 36.8. The van der Waals surface area contributed by atoms with E-state index in [0.29, 0.717) is 10.7 Å². The summed E-state index contributed by atoms with van der Waals surface area (Å²) >= 11 is 6.25. The monoisotopic (exact) mass is 438 g/mol. The smallest absolute Gasteiger partial charge is 0.254 e. The Bertz CT molecular complexity index is 1010. The summed E-state index contributed by atoms with van der Waals surface area (Å²) in [6, 6.07) is 11.0. The van der Waals surface area contributed by atoms with Crippen molar-refractivity contribution in [3.63, 3.8) is 0 Å². The molecule has 29 heavy (non-hydrogen) atoms. The Morgan fingerprint density at radius 3 is 2.52 bits per heavy atom. The van der Waals surface area contributed by atoms with Crippen molar-refractivity contribution in [3.8, 4) is 0 Å². The molecule has 1 unspecified atom stereocenters. The number of sulfone groups is 1. The highest BCUT2D eigenvalue weighted by atomic mass is 35.5. The quantitative estimate of drug-likeness (QED) is 0.625. The predicted octanol–water partition coefficient (Wildman–Crippen LogP) is 4.72. The van der Waals surface area contributed by atoms with Crippen molar-refractivity contribution in [2.24, 2.45) is 0 Å². The first-order valence-corrected chi connectivity index (χ1v) is 11.4. The molecule has 0 fully saturated rings. The third kappa shape index (κ3) is 6.87. The molecule has 2 atom stereocenters. The zero-order valence-corrected chi connectivity index (χ0v) is 18.0. The van der Waals surface area contributed by atoms with E-state index in [1.54, 1.807) is 19.1 Å². The number of nitrogens with one attached hydrogen (secondary N) is 2. The topological polar surface area (TPSA) is 75.3 Å². The molecule has 0 saturated heterocycles. The maximum atomic E-state index is 14.5. The number of hydrogen-bond donors (Lipinski definition) is 2. The van der Waals surface area contributed by atoms with Gasteiger partial charge in [0.2, 0.25) is 0 Å². The number of rotatable bonds is 8. The molecule has 8 heteroatoms. The molecule has 0 saturated carbocycles. The van der Waals surface area contributed by atoms with Gasteiger partial charge < -0.3 is 10.6 Å². The average Bonchev–Trinajstić information content (AvgIpc) is 2.64. The molecule has 2 aromatic carbocycles. The minimum atomic E-state index is -3.30. The maximum absolute atomic E-state index is 14.5. The number of anilines is 1. The molecule has 0 heterocycles. The van der Waals surface area contributed by atoms with Crippen LogP contribution in [0.1, 0.15) is 42.2 Å². The van der Waals surface area contributed by atoms with Gasteiger partial charge in [-0.25, -0.2) is 12.8 Å². The molecule has 0 radical (unpaired) electrons. The van der Waals surface area contributed by atoms with Crippen LogP contribution in [0.15, 0.2) is 53.9 Å². The Balaban J connectivity index is 2.12. The predicted molar refractivity (Wildman–Crippen MR) is 115 cm³/mol. The number of halogens is 2. The summed E-state index contributed by atoms with van der Waals surface area (Å²) in [5.74, 6) is -1.31. The molecular formula is C21H24ClFN2O3S. The SMILES string of the molecule is CCC(Nc1ccc(C(=O)N[C@H](C)/C=C/S(C)(=O)=O)c(F)c1)c1ccccc1Cl. The van der Waals surface area contributed by atoms with Gasteiger partial charge in [0.05, 0.1) is 11.6 Å². The highest BCUT2D eigenvalue weighted by Crippen LogP contribution is 2.29. The van der Waals surface area contributed by atoms with Crippen LogP contribution in [0.2, 0.25) is 5.02 Å². The van der Waals surface area contributed by atoms with E-state index in [1.807, 2.05) is 25.1 Å². The van der Waals surface area contributed by atoms with Crippen LogP contribution in [-0.4, -0.2) is 26.6 Å². The highest BCUT2D eigenvalue weighted by Gasteiger charge is 2.16. The Morgan fingerprint density at radius 2 is 1.93 bits per heavy atom. The van der Waals surface area contributed by atoms with Gasteiger partial charge in [-0.2, -0.15) is 0 Å². The summed E-state index contributed by atoms with van der Waals surface area (Å²) in [7, 11) is -3.30. The summed E-state index contributed by atoms with van der Waals surface area (Å²) in [5, 5.41) is 7.41. The zero-order valence-electron chi connectivity index (χ0n) is 16.4. The summed E-state index contributed by atoms with van der Waals surface area (Å²) in [5.41, 5.74) is 1.31. The molecule has 156 valence electrons. The van der Waals surface area contributed by atoms with E-state index in [-0.39, 0.29) is 11.6 Å². The lowest BCUT2D eigenvalue weighted by molar-refractivity contribution is 0.0943. The van der Waals surface area contributed by atoms with Gasteiger partial charge in [-0.15, -0.1) is 0 Å². The number of carbonyl (C=O) groups excluding carboxylic acids is 1. The van der Waals surface area contributed by atoms with E-state index < -0.39 is 27.6 Å². The Morgan fingerprint density at radius 1 is 1.24 bits per heavy atom. The molecular weight excluding hydrogens is 415 g/mol. The van der Waals surface area contributed by atoms with E-state index >= 15 is 0 Å². The lowest BCUT2D eigenvalue weighted by Crippen LogP contribution is -2.31. The Hall–Kier alpha value is -2.38. The van der Waals surface area contributed by atoms with E-state index in [0.717, 1.165) is 23.6 Å². The van der Waals surface area contributed by atoms with E-state index in [9.17, 15) is 17.6 Å². The normalized spacial score (nSPS) is 13.8. The molecule has 0 aliphatic rings. The minimum absolute atomic E-state index is 0.107. The van der Waals surface area contributed by atoms with Crippen LogP contribution in [0.5, 0.6) is 0 Å². The van der Waals surface area contributed by atoms with Crippen LogP contribution in [0, 0.1) is 5.82 Å². The van der Waals surface area contributed by atoms with Crippen molar-refractivity contribution in [1.82, 2.24) is 5.32 Å². The summed E-state index contributed by atoms with van der Waals surface area (Å²) in [6.45, 7) is 3.59. The molecule has 5 nitrogen and oxygen atoms in total. The molecule has 2 aromatic rings. The van der Waals surface area contributed by atoms with Crippen LogP contribution in [0.25, 0.3) is 0 Å². The fraction of sp³-hybridized carbons (Fsp3) is 0.286. The van der Waals surface area contributed by atoms with Crippen LogP contribution >= 0.6 is 11.6 Å². The Labute approximate surface area is 175 Å². The maximum Gasteiger partial charge on any atom is 0.254 e. The van der Waals surface area contributed by atoms with Crippen LogP contribution in [0.4, 0.5) is 10.1 Å². The van der Waals surface area contributed by atoms with Crippen molar-refractivity contribution in [3.05, 3.63) is 75.9 Å². The van der Waals surface area contributed by atoms with Gasteiger partial charge >= 0.3 is 0 Å². The van der Waals surface area contributed by atoms with Gasteiger partial charge in [0.25, 0.3) is 5.91 Å². The molecule has 1 amide bonds. The van der Waals surface area contributed by atoms with Crippen molar-refractivity contribution in [2.75, 3.05) is 11.6 Å². The largest absolute Gasteiger partial charge is 0.378 e. The number of carbonyl (C=O) groups is 1. The minimum Gasteiger partial charge on any atom is -0.378 e. The third-order valence-electron chi connectivity index (χ3n) is 4.22. The lowest BCUT2D eigenvalue weighted by Gasteiger charge is -2.20. The zero-order chi connectivity index (χ0) is 21.6. The fourth-order valence-electron chi connectivity index (χ4n) is 2.74. The molecule has 0 spiro atoms. The number of amides is 1. The summed E-state index contributed by atoms with van der Waals surface area (Å²) in [4.78, 5) is 12.3. The standard InChI is InChI=1S/C21H24ClFN2O3S/c1-4-20(16-7-5-6-8-18(16)22)25-15-9-10-17(19(23)13-15)21(26)24-14(2)11-12-29(3,27)28/h5-14,20,25H,4H2,1-3H3,(H,24,26)/b12-11+/t14-,20?/m1/s1. The van der Waals surface area contributed by atoms with E-state index in [4.69, 9.17) is 11.6 Å². The van der Waals surface area contributed by atoms with Crippen LogP contribution in [-0.2, 0) is 9.84 Å². The molecule has 0 aliphatic carbocycles. The second-order valence-electron chi connectivity index (χ2n) is 6.74. The van der Waals surface area contributed by atoms with Gasteiger partial charge in [-0.1, -0.05) is 42.8 Å².